The van der Waals surface area contributed by atoms with Crippen molar-refractivity contribution in [2.24, 2.45) is 0 Å². The molecule has 0 atom stereocenters. The van der Waals surface area contributed by atoms with Gasteiger partial charge in [-0.1, -0.05) is 72.4 Å². The zero-order valence-electron chi connectivity index (χ0n) is 17.5. The molecule has 0 aliphatic heterocycles. The summed E-state index contributed by atoms with van der Waals surface area (Å²) in [6.07, 6.45) is 0. The third kappa shape index (κ3) is 4.88. The van der Waals surface area contributed by atoms with E-state index in [-0.39, 0.29) is 11.7 Å². The zero-order valence-corrected chi connectivity index (χ0v) is 18.4. The first-order valence-electron chi connectivity index (χ1n) is 10.1. The monoisotopic (exact) mass is 439 g/mol. The van der Waals surface area contributed by atoms with Crippen LogP contribution in [0.25, 0.3) is 17.1 Å². The van der Waals surface area contributed by atoms with E-state index in [4.69, 9.17) is 5.26 Å². The lowest BCUT2D eigenvalue weighted by molar-refractivity contribution is -0.127. The number of rotatable bonds is 7. The van der Waals surface area contributed by atoms with Gasteiger partial charge in [0.25, 0.3) is 0 Å². The maximum atomic E-state index is 12.8. The maximum absolute atomic E-state index is 12.8. The van der Waals surface area contributed by atoms with Gasteiger partial charge in [-0.05, 0) is 29.8 Å². The Hall–Kier alpha value is -3.89. The van der Waals surface area contributed by atoms with Crippen LogP contribution in [0.5, 0.6) is 0 Å². The quantitative estimate of drug-likeness (QED) is 0.395. The highest BCUT2D eigenvalue weighted by molar-refractivity contribution is 7.99. The van der Waals surface area contributed by atoms with E-state index in [9.17, 15) is 4.79 Å². The lowest BCUT2D eigenvalue weighted by Crippen LogP contribution is -2.27. The summed E-state index contributed by atoms with van der Waals surface area (Å²) >= 11 is 1.36. The predicted octanol–water partition coefficient (Wildman–Crippen LogP) is 4.56. The van der Waals surface area contributed by atoms with Gasteiger partial charge < -0.3 is 4.90 Å². The van der Waals surface area contributed by atoms with Gasteiger partial charge in [0.05, 0.1) is 17.4 Å². The van der Waals surface area contributed by atoms with E-state index in [2.05, 4.69) is 16.3 Å². The summed E-state index contributed by atoms with van der Waals surface area (Å²) in [6, 6.07) is 29.2. The summed E-state index contributed by atoms with van der Waals surface area (Å²) in [5.74, 6) is 0.934. The largest absolute Gasteiger partial charge is 0.341 e. The van der Waals surface area contributed by atoms with Crippen molar-refractivity contribution in [1.29, 1.82) is 5.26 Å². The average molecular weight is 440 g/mol. The molecule has 0 spiro atoms. The van der Waals surface area contributed by atoms with Gasteiger partial charge in [-0.2, -0.15) is 5.26 Å². The van der Waals surface area contributed by atoms with Crippen LogP contribution in [0.15, 0.2) is 90.1 Å². The first kappa shape index (κ1) is 21.3. The molecule has 158 valence electrons. The van der Waals surface area contributed by atoms with E-state index in [1.165, 1.54) is 11.8 Å². The smallest absolute Gasteiger partial charge is 0.233 e. The van der Waals surface area contributed by atoms with Crippen LogP contribution in [0.2, 0.25) is 0 Å². The van der Waals surface area contributed by atoms with Crippen molar-refractivity contribution in [2.45, 2.75) is 11.7 Å². The Morgan fingerprint density at radius 2 is 1.72 bits per heavy atom. The third-order valence-corrected chi connectivity index (χ3v) is 5.82. The Kier molecular flexibility index (Phi) is 6.63. The second-order valence-corrected chi connectivity index (χ2v) is 8.14. The fourth-order valence-corrected chi connectivity index (χ4v) is 4.18. The Morgan fingerprint density at radius 3 is 2.44 bits per heavy atom. The maximum Gasteiger partial charge on any atom is 0.233 e. The molecule has 3 aromatic carbocycles. The number of nitriles is 1. The van der Waals surface area contributed by atoms with Gasteiger partial charge in [0.2, 0.25) is 5.91 Å². The Bertz CT molecular complexity index is 1250. The molecule has 1 heterocycles. The molecule has 0 N–H and O–H groups in total. The van der Waals surface area contributed by atoms with Crippen LogP contribution in [0.1, 0.15) is 11.1 Å². The normalized spacial score (nSPS) is 10.5. The van der Waals surface area contributed by atoms with E-state index in [0.29, 0.717) is 17.3 Å². The average Bonchev–Trinajstić information content (AvgIpc) is 3.27. The summed E-state index contributed by atoms with van der Waals surface area (Å²) in [4.78, 5) is 14.4. The zero-order chi connectivity index (χ0) is 22.3. The molecule has 4 aromatic rings. The summed E-state index contributed by atoms with van der Waals surface area (Å²) < 4.78 is 1.98. The molecule has 0 bridgehead atoms. The fourth-order valence-electron chi connectivity index (χ4n) is 3.29. The van der Waals surface area contributed by atoms with Gasteiger partial charge in [-0.25, -0.2) is 0 Å². The molecule has 0 aliphatic rings. The molecule has 7 heteroatoms. The standard InChI is InChI=1S/C25H21N5OS/c1-29(17-20-10-8-9-19(15-20)16-26)23(31)18-32-25-28-27-24(21-11-4-2-5-12-21)30(25)22-13-6-3-7-14-22/h2-15H,17-18H2,1H3. The molecule has 1 amide bonds. The Morgan fingerprint density at radius 1 is 1.00 bits per heavy atom. The second-order valence-electron chi connectivity index (χ2n) is 7.19. The molecule has 0 radical (unpaired) electrons. The molecule has 32 heavy (non-hydrogen) atoms. The van der Waals surface area contributed by atoms with Crippen molar-refractivity contribution in [3.63, 3.8) is 0 Å². The van der Waals surface area contributed by atoms with Crippen LogP contribution in [0, 0.1) is 11.3 Å². The molecular weight excluding hydrogens is 418 g/mol. The number of thioether (sulfide) groups is 1. The lowest BCUT2D eigenvalue weighted by atomic mass is 10.1. The molecule has 0 saturated carbocycles. The minimum atomic E-state index is -0.0266. The minimum absolute atomic E-state index is 0.0266. The molecule has 6 nitrogen and oxygen atoms in total. The van der Waals surface area contributed by atoms with Gasteiger partial charge in [-0.3, -0.25) is 9.36 Å². The van der Waals surface area contributed by atoms with Crippen molar-refractivity contribution in [3.8, 4) is 23.1 Å². The van der Waals surface area contributed by atoms with E-state index in [1.807, 2.05) is 77.4 Å². The number of hydrogen-bond donors (Lipinski definition) is 0. The van der Waals surface area contributed by atoms with Crippen molar-refractivity contribution in [1.82, 2.24) is 19.7 Å². The van der Waals surface area contributed by atoms with Gasteiger partial charge in [0.15, 0.2) is 11.0 Å². The molecule has 0 fully saturated rings. The molecule has 0 unspecified atom stereocenters. The summed E-state index contributed by atoms with van der Waals surface area (Å²) in [7, 11) is 1.76. The number of nitrogens with zero attached hydrogens (tertiary/aromatic N) is 5. The molecule has 4 rings (SSSR count). The number of para-hydroxylation sites is 1. The SMILES string of the molecule is CN(Cc1cccc(C#N)c1)C(=O)CSc1nnc(-c2ccccc2)n1-c1ccccc1. The third-order valence-electron chi connectivity index (χ3n) is 4.91. The van der Waals surface area contributed by atoms with Crippen molar-refractivity contribution in [3.05, 3.63) is 96.1 Å². The van der Waals surface area contributed by atoms with Gasteiger partial charge in [0, 0.05) is 24.8 Å². The highest BCUT2D eigenvalue weighted by Gasteiger charge is 2.18. The fraction of sp³-hybridized carbons (Fsp3) is 0.120. The number of amides is 1. The van der Waals surface area contributed by atoms with Crippen LogP contribution in [-0.4, -0.2) is 38.4 Å². The summed E-state index contributed by atoms with van der Waals surface area (Å²) in [6.45, 7) is 0.440. The number of aromatic nitrogens is 3. The van der Waals surface area contributed by atoms with Crippen molar-refractivity contribution in [2.75, 3.05) is 12.8 Å². The topological polar surface area (TPSA) is 74.8 Å². The van der Waals surface area contributed by atoms with Crippen LogP contribution in [0.4, 0.5) is 0 Å². The molecule has 0 saturated heterocycles. The highest BCUT2D eigenvalue weighted by atomic mass is 32.2. The number of carbonyl (C=O) groups excluding carboxylic acids is 1. The number of carbonyl (C=O) groups is 1. The predicted molar refractivity (Wildman–Crippen MR) is 125 cm³/mol. The van der Waals surface area contributed by atoms with E-state index >= 15 is 0 Å². The van der Waals surface area contributed by atoms with Crippen molar-refractivity contribution < 1.29 is 4.79 Å². The number of benzene rings is 3. The van der Waals surface area contributed by atoms with Gasteiger partial charge in [-0.15, -0.1) is 10.2 Å². The molecule has 0 aliphatic carbocycles. The Labute approximate surface area is 191 Å². The summed E-state index contributed by atoms with van der Waals surface area (Å²) in [5.41, 5.74) is 3.40. The van der Waals surface area contributed by atoms with E-state index in [0.717, 1.165) is 22.6 Å². The second kappa shape index (κ2) is 9.94. The van der Waals surface area contributed by atoms with E-state index < -0.39 is 0 Å². The van der Waals surface area contributed by atoms with Crippen LogP contribution in [-0.2, 0) is 11.3 Å². The summed E-state index contributed by atoms with van der Waals surface area (Å²) in [5, 5.41) is 18.5. The van der Waals surface area contributed by atoms with Gasteiger partial charge >= 0.3 is 0 Å². The van der Waals surface area contributed by atoms with Gasteiger partial charge in [0.1, 0.15) is 0 Å². The first-order chi connectivity index (χ1) is 15.7. The molecule has 1 aromatic heterocycles. The Balaban J connectivity index is 1.52. The van der Waals surface area contributed by atoms with Crippen LogP contribution in [0.3, 0.4) is 0 Å². The highest BCUT2D eigenvalue weighted by Crippen LogP contribution is 2.28. The van der Waals surface area contributed by atoms with Crippen molar-refractivity contribution >= 4 is 17.7 Å². The van der Waals surface area contributed by atoms with Crippen LogP contribution < -0.4 is 0 Å². The minimum Gasteiger partial charge on any atom is -0.341 e. The van der Waals surface area contributed by atoms with E-state index in [1.54, 1.807) is 24.1 Å². The molecular formula is C25H21N5OS. The first-order valence-corrected chi connectivity index (χ1v) is 11.1. The van der Waals surface area contributed by atoms with Crippen LogP contribution >= 0.6 is 11.8 Å². The lowest BCUT2D eigenvalue weighted by Gasteiger charge is -2.17. The number of hydrogen-bond acceptors (Lipinski definition) is 5.